The number of nitrogens with zero attached hydrogens (tertiary/aromatic N) is 2. The van der Waals surface area contributed by atoms with E-state index in [1.165, 1.54) is 21.4 Å². The molecule has 1 saturated heterocycles. The predicted molar refractivity (Wildman–Crippen MR) is 111 cm³/mol. The Morgan fingerprint density at radius 3 is 2.14 bits per heavy atom. The van der Waals surface area contributed by atoms with Gasteiger partial charge in [-0.15, -0.1) is 0 Å². The minimum absolute atomic E-state index is 0.214. The lowest BCUT2D eigenvalue weighted by molar-refractivity contribution is -0.127. The molecule has 1 fully saturated rings. The summed E-state index contributed by atoms with van der Waals surface area (Å²) in [5.41, 5.74) is 1.63. The number of sulfonamides is 1. The molecule has 152 valence electrons. The Kier molecular flexibility index (Phi) is 6.46. The molecule has 0 saturated carbocycles. The number of hydrogen-bond acceptors (Lipinski definition) is 4. The van der Waals surface area contributed by atoms with E-state index in [0.29, 0.717) is 5.69 Å². The molecule has 8 heteroatoms. The maximum Gasteiger partial charge on any atom is 0.248 e. The van der Waals surface area contributed by atoms with Crippen molar-refractivity contribution >= 4 is 27.5 Å². The van der Waals surface area contributed by atoms with Gasteiger partial charge >= 0.3 is 0 Å². The molecule has 2 aromatic rings. The van der Waals surface area contributed by atoms with Crippen LogP contribution in [0.1, 0.15) is 5.56 Å². The third-order valence-electron chi connectivity index (χ3n) is 4.63. The van der Waals surface area contributed by atoms with Gasteiger partial charge in [-0.05, 0) is 31.2 Å². The minimum atomic E-state index is -3.58. The van der Waals surface area contributed by atoms with Crippen LogP contribution < -0.4 is 5.32 Å². The highest BCUT2D eigenvalue weighted by Crippen LogP contribution is 2.18. The third-order valence-corrected chi connectivity index (χ3v) is 6.54. The monoisotopic (exact) mass is 413 g/mol. The molecular weight excluding hydrogens is 390 g/mol. The van der Waals surface area contributed by atoms with Crippen molar-refractivity contribution in [2.24, 2.45) is 0 Å². The van der Waals surface area contributed by atoms with Gasteiger partial charge in [-0.2, -0.15) is 4.31 Å². The van der Waals surface area contributed by atoms with Crippen LogP contribution in [0.15, 0.2) is 71.6 Å². The zero-order valence-corrected chi connectivity index (χ0v) is 16.9. The molecule has 0 radical (unpaired) electrons. The molecule has 0 unspecified atom stereocenters. The maximum atomic E-state index is 12.7. The van der Waals surface area contributed by atoms with Gasteiger partial charge in [0.05, 0.1) is 4.90 Å². The van der Waals surface area contributed by atoms with Gasteiger partial charge < -0.3 is 10.2 Å². The Labute approximate surface area is 170 Å². The summed E-state index contributed by atoms with van der Waals surface area (Å²) in [5.74, 6) is -0.717. The highest BCUT2D eigenvalue weighted by molar-refractivity contribution is 7.89. The molecule has 0 bridgehead atoms. The molecular formula is C21H23N3O4S. The lowest BCUT2D eigenvalue weighted by atomic mass is 10.2. The Balaban J connectivity index is 1.54. The molecule has 3 rings (SSSR count). The van der Waals surface area contributed by atoms with Gasteiger partial charge in [0.25, 0.3) is 0 Å². The first-order valence-corrected chi connectivity index (χ1v) is 10.7. The van der Waals surface area contributed by atoms with Crippen molar-refractivity contribution in [3.63, 3.8) is 0 Å². The number of anilines is 1. The number of nitrogens with one attached hydrogen (secondary N) is 1. The van der Waals surface area contributed by atoms with Crippen molar-refractivity contribution < 1.29 is 18.0 Å². The van der Waals surface area contributed by atoms with E-state index in [-0.39, 0.29) is 37.0 Å². The standard InChI is InChI=1S/C21H23N3O4S/c1-17-7-9-19(10-8-17)29(27,28)24-15-13-23(14-16-24)21(26)12-11-20(25)22-18-5-3-2-4-6-18/h2-12H,13-16H2,1H3,(H,22,25)/b12-11+. The number of aryl methyl sites for hydroxylation is 1. The maximum absolute atomic E-state index is 12.7. The summed E-state index contributed by atoms with van der Waals surface area (Å²) in [5, 5.41) is 2.67. The second kappa shape index (κ2) is 9.02. The van der Waals surface area contributed by atoms with Gasteiger partial charge in [-0.25, -0.2) is 8.42 Å². The van der Waals surface area contributed by atoms with Crippen LogP contribution in [0.3, 0.4) is 0 Å². The summed E-state index contributed by atoms with van der Waals surface area (Å²) in [6.45, 7) is 2.87. The van der Waals surface area contributed by atoms with Gasteiger partial charge in [-0.3, -0.25) is 9.59 Å². The van der Waals surface area contributed by atoms with Crippen LogP contribution in [-0.4, -0.2) is 55.6 Å². The Hall–Kier alpha value is -2.97. The third kappa shape index (κ3) is 5.30. The van der Waals surface area contributed by atoms with Crippen LogP contribution in [0.5, 0.6) is 0 Å². The van der Waals surface area contributed by atoms with Crippen molar-refractivity contribution in [2.45, 2.75) is 11.8 Å². The number of para-hydroxylation sites is 1. The summed E-state index contributed by atoms with van der Waals surface area (Å²) in [6, 6.07) is 15.7. The second-order valence-corrected chi connectivity index (χ2v) is 8.67. The number of rotatable bonds is 5. The molecule has 29 heavy (non-hydrogen) atoms. The predicted octanol–water partition coefficient (Wildman–Crippen LogP) is 2.02. The SMILES string of the molecule is Cc1ccc(S(=O)(=O)N2CCN(C(=O)/C=C/C(=O)Nc3ccccc3)CC2)cc1. The van der Waals surface area contributed by atoms with Crippen molar-refractivity contribution in [1.82, 2.24) is 9.21 Å². The average molecular weight is 413 g/mol. The van der Waals surface area contributed by atoms with Gasteiger partial charge in [0.15, 0.2) is 0 Å². The summed E-state index contributed by atoms with van der Waals surface area (Å²) in [7, 11) is -3.58. The molecule has 0 aliphatic carbocycles. The second-order valence-electron chi connectivity index (χ2n) is 6.73. The van der Waals surface area contributed by atoms with Crippen LogP contribution in [-0.2, 0) is 19.6 Å². The Morgan fingerprint density at radius 1 is 0.897 bits per heavy atom. The molecule has 1 heterocycles. The van der Waals surface area contributed by atoms with E-state index in [4.69, 9.17) is 0 Å². The smallest absolute Gasteiger partial charge is 0.248 e. The molecule has 0 aromatic heterocycles. The molecule has 0 spiro atoms. The first-order chi connectivity index (χ1) is 13.9. The lowest BCUT2D eigenvalue weighted by Gasteiger charge is -2.33. The molecule has 1 aliphatic rings. The number of carbonyl (C=O) groups excluding carboxylic acids is 2. The van der Waals surface area contributed by atoms with E-state index in [9.17, 15) is 18.0 Å². The first kappa shape index (κ1) is 20.8. The van der Waals surface area contributed by atoms with E-state index in [1.54, 1.807) is 48.5 Å². The highest BCUT2D eigenvalue weighted by Gasteiger charge is 2.29. The van der Waals surface area contributed by atoms with Gasteiger partial charge in [0.1, 0.15) is 0 Å². The van der Waals surface area contributed by atoms with Gasteiger partial charge in [0, 0.05) is 44.0 Å². The molecule has 7 nitrogen and oxygen atoms in total. The Bertz CT molecular complexity index is 994. The number of amides is 2. The van der Waals surface area contributed by atoms with Gasteiger partial charge in [-0.1, -0.05) is 35.9 Å². The van der Waals surface area contributed by atoms with E-state index >= 15 is 0 Å². The van der Waals surface area contributed by atoms with Crippen LogP contribution in [0.4, 0.5) is 5.69 Å². The summed E-state index contributed by atoms with van der Waals surface area (Å²) >= 11 is 0. The number of benzene rings is 2. The summed E-state index contributed by atoms with van der Waals surface area (Å²) in [6.07, 6.45) is 2.40. The molecule has 0 atom stereocenters. The average Bonchev–Trinajstić information content (AvgIpc) is 2.73. The fourth-order valence-corrected chi connectivity index (χ4v) is 4.39. The van der Waals surface area contributed by atoms with E-state index < -0.39 is 15.9 Å². The number of hydrogen-bond donors (Lipinski definition) is 1. The molecule has 1 aliphatic heterocycles. The van der Waals surface area contributed by atoms with Crippen LogP contribution in [0, 0.1) is 6.92 Å². The van der Waals surface area contributed by atoms with E-state index in [1.807, 2.05) is 13.0 Å². The number of piperazine rings is 1. The molecule has 2 amide bonds. The largest absolute Gasteiger partial charge is 0.337 e. The number of carbonyl (C=O) groups is 2. The minimum Gasteiger partial charge on any atom is -0.337 e. The fourth-order valence-electron chi connectivity index (χ4n) is 2.97. The Morgan fingerprint density at radius 2 is 1.52 bits per heavy atom. The van der Waals surface area contributed by atoms with Crippen molar-refractivity contribution in [3.05, 3.63) is 72.3 Å². The topological polar surface area (TPSA) is 86.8 Å². The quantitative estimate of drug-likeness (QED) is 0.760. The van der Waals surface area contributed by atoms with Crippen molar-refractivity contribution in [3.8, 4) is 0 Å². The van der Waals surface area contributed by atoms with Crippen LogP contribution in [0.25, 0.3) is 0 Å². The van der Waals surface area contributed by atoms with Crippen LogP contribution in [0.2, 0.25) is 0 Å². The zero-order chi connectivity index (χ0) is 20.9. The van der Waals surface area contributed by atoms with Crippen LogP contribution >= 0.6 is 0 Å². The van der Waals surface area contributed by atoms with E-state index in [0.717, 1.165) is 5.56 Å². The molecule has 2 aromatic carbocycles. The summed E-state index contributed by atoms with van der Waals surface area (Å²) < 4.78 is 26.8. The lowest BCUT2D eigenvalue weighted by Crippen LogP contribution is -2.50. The van der Waals surface area contributed by atoms with Crippen molar-refractivity contribution in [2.75, 3.05) is 31.5 Å². The molecule has 1 N–H and O–H groups in total. The highest BCUT2D eigenvalue weighted by atomic mass is 32.2. The van der Waals surface area contributed by atoms with Crippen molar-refractivity contribution in [1.29, 1.82) is 0 Å². The first-order valence-electron chi connectivity index (χ1n) is 9.26. The van der Waals surface area contributed by atoms with E-state index in [2.05, 4.69) is 5.32 Å². The summed E-state index contributed by atoms with van der Waals surface area (Å²) in [4.78, 5) is 26.0. The van der Waals surface area contributed by atoms with Gasteiger partial charge in [0.2, 0.25) is 21.8 Å². The normalized spacial score (nSPS) is 15.4. The zero-order valence-electron chi connectivity index (χ0n) is 16.1. The fraction of sp³-hybridized carbons (Fsp3) is 0.238.